The van der Waals surface area contributed by atoms with Crippen LogP contribution >= 0.6 is 11.6 Å². The smallest absolute Gasteiger partial charge is 0.181 e. The van der Waals surface area contributed by atoms with Gasteiger partial charge in [0, 0.05) is 5.56 Å². The highest BCUT2D eigenvalue weighted by Gasteiger charge is 2.11. The van der Waals surface area contributed by atoms with E-state index in [0.717, 1.165) is 5.56 Å². The number of rotatable bonds is 1. The molecule has 2 nitrogen and oxygen atoms in total. The second kappa shape index (κ2) is 4.37. The fourth-order valence-corrected chi connectivity index (χ4v) is 1.74. The molecule has 0 unspecified atom stereocenters. The number of hydrogen-bond donors (Lipinski definition) is 0. The van der Waals surface area contributed by atoms with Gasteiger partial charge < -0.3 is 0 Å². The lowest BCUT2D eigenvalue weighted by Gasteiger charge is -2.05. The van der Waals surface area contributed by atoms with Gasteiger partial charge in [-0.3, -0.25) is 0 Å². The summed E-state index contributed by atoms with van der Waals surface area (Å²) in [5.41, 5.74) is 1.36. The lowest BCUT2D eigenvalue weighted by Crippen LogP contribution is -1.98. The van der Waals surface area contributed by atoms with Gasteiger partial charge in [-0.25, -0.2) is 18.7 Å². The van der Waals surface area contributed by atoms with Crippen molar-refractivity contribution in [3.05, 3.63) is 46.2 Å². The van der Waals surface area contributed by atoms with Crippen LogP contribution in [0.15, 0.2) is 18.2 Å². The van der Waals surface area contributed by atoms with E-state index in [-0.39, 0.29) is 22.5 Å². The lowest BCUT2D eigenvalue weighted by molar-refractivity contribution is 0.602. The zero-order chi connectivity index (χ0) is 12.6. The summed E-state index contributed by atoms with van der Waals surface area (Å²) >= 11 is 5.63. The predicted molar refractivity (Wildman–Crippen MR) is 61.9 cm³/mol. The molecule has 0 saturated heterocycles. The van der Waals surface area contributed by atoms with Crippen molar-refractivity contribution in [1.29, 1.82) is 0 Å². The molecule has 88 valence electrons. The van der Waals surface area contributed by atoms with E-state index in [2.05, 4.69) is 9.97 Å². The Hall–Kier alpha value is -1.55. The minimum Gasteiger partial charge on any atom is -0.230 e. The van der Waals surface area contributed by atoms with Crippen LogP contribution in [0.2, 0.25) is 5.15 Å². The van der Waals surface area contributed by atoms with Crippen LogP contribution < -0.4 is 0 Å². The Bertz CT molecular complexity index is 541. The van der Waals surface area contributed by atoms with Gasteiger partial charge in [0.05, 0.1) is 5.69 Å². The van der Waals surface area contributed by atoms with Crippen LogP contribution in [0.3, 0.4) is 0 Å². The van der Waals surface area contributed by atoms with Crippen molar-refractivity contribution in [3.63, 3.8) is 0 Å². The number of aromatic nitrogens is 2. The topological polar surface area (TPSA) is 25.8 Å². The van der Waals surface area contributed by atoms with Crippen molar-refractivity contribution < 1.29 is 8.78 Å². The van der Waals surface area contributed by atoms with E-state index < -0.39 is 5.82 Å². The van der Waals surface area contributed by atoms with Crippen LogP contribution in [-0.2, 0) is 0 Å². The van der Waals surface area contributed by atoms with Crippen LogP contribution in [0, 0.1) is 25.5 Å². The molecule has 0 spiro atoms. The molecule has 5 heteroatoms. The number of halogens is 3. The summed E-state index contributed by atoms with van der Waals surface area (Å²) in [5, 5.41) is -0.255. The molecule has 0 radical (unpaired) electrons. The van der Waals surface area contributed by atoms with Crippen LogP contribution in [0.5, 0.6) is 0 Å². The molecule has 0 fully saturated rings. The van der Waals surface area contributed by atoms with Crippen molar-refractivity contribution in [2.45, 2.75) is 13.8 Å². The van der Waals surface area contributed by atoms with Crippen LogP contribution in [-0.4, -0.2) is 9.97 Å². The zero-order valence-electron chi connectivity index (χ0n) is 9.26. The number of aryl methyl sites for hydroxylation is 2. The molecule has 0 aliphatic rings. The molecular formula is C12H9ClF2N2. The highest BCUT2D eigenvalue weighted by Crippen LogP contribution is 2.22. The highest BCUT2D eigenvalue weighted by atomic mass is 35.5. The van der Waals surface area contributed by atoms with Gasteiger partial charge in [0.25, 0.3) is 0 Å². The van der Waals surface area contributed by atoms with E-state index in [0.29, 0.717) is 5.56 Å². The quantitative estimate of drug-likeness (QED) is 0.726. The second-order valence-corrected chi connectivity index (χ2v) is 4.11. The second-order valence-electron chi connectivity index (χ2n) is 3.75. The van der Waals surface area contributed by atoms with Gasteiger partial charge in [0.2, 0.25) is 0 Å². The van der Waals surface area contributed by atoms with Gasteiger partial charge in [-0.15, -0.1) is 0 Å². The van der Waals surface area contributed by atoms with Crippen molar-refractivity contribution >= 4 is 11.6 Å². The van der Waals surface area contributed by atoms with Gasteiger partial charge >= 0.3 is 0 Å². The molecule has 0 N–H and O–H groups in total. The normalized spacial score (nSPS) is 10.6. The molecule has 0 atom stereocenters. The summed E-state index contributed by atoms with van der Waals surface area (Å²) < 4.78 is 26.5. The van der Waals surface area contributed by atoms with Gasteiger partial charge in [-0.05, 0) is 37.6 Å². The molecule has 0 bridgehead atoms. The molecule has 1 aromatic carbocycles. The summed E-state index contributed by atoms with van der Waals surface area (Å²) in [7, 11) is 0. The largest absolute Gasteiger partial charge is 0.230 e. The predicted octanol–water partition coefficient (Wildman–Crippen LogP) is 3.69. The monoisotopic (exact) mass is 254 g/mol. The first kappa shape index (κ1) is 11.9. The summed E-state index contributed by atoms with van der Waals surface area (Å²) in [6, 6.07) is 4.39. The minimum atomic E-state index is -0.649. The molecule has 0 aliphatic heterocycles. The third-order valence-electron chi connectivity index (χ3n) is 2.28. The van der Waals surface area contributed by atoms with Gasteiger partial charge in [0.15, 0.2) is 16.8 Å². The Labute approximate surface area is 102 Å². The third-order valence-corrected chi connectivity index (χ3v) is 2.53. The van der Waals surface area contributed by atoms with Crippen LogP contribution in [0.4, 0.5) is 8.78 Å². The molecule has 1 heterocycles. The fraction of sp³-hybridized carbons (Fsp3) is 0.167. The van der Waals surface area contributed by atoms with Crippen molar-refractivity contribution in [3.8, 4) is 11.4 Å². The zero-order valence-corrected chi connectivity index (χ0v) is 10.0. The van der Waals surface area contributed by atoms with E-state index in [9.17, 15) is 8.78 Å². The van der Waals surface area contributed by atoms with Crippen LogP contribution in [0.25, 0.3) is 11.4 Å². The summed E-state index contributed by atoms with van der Waals surface area (Å²) in [5.74, 6) is -0.818. The van der Waals surface area contributed by atoms with E-state index in [4.69, 9.17) is 11.6 Å². The van der Waals surface area contributed by atoms with Crippen LogP contribution in [0.1, 0.15) is 11.3 Å². The molecule has 1 aromatic heterocycles. The first-order valence-electron chi connectivity index (χ1n) is 4.94. The molecule has 2 aromatic rings. The molecule has 2 rings (SSSR count). The minimum absolute atomic E-state index is 0.141. The Balaban J connectivity index is 2.60. The summed E-state index contributed by atoms with van der Waals surface area (Å²) in [4.78, 5) is 7.75. The molecule has 0 amide bonds. The van der Waals surface area contributed by atoms with Gasteiger partial charge in [-0.2, -0.15) is 0 Å². The lowest BCUT2D eigenvalue weighted by atomic mass is 10.1. The summed E-state index contributed by atoms with van der Waals surface area (Å²) in [6.07, 6.45) is 0. The molecule has 17 heavy (non-hydrogen) atoms. The Morgan fingerprint density at radius 3 is 2.35 bits per heavy atom. The SMILES string of the molecule is Cc1cc(F)cc(-c2nc(C)c(F)c(Cl)n2)c1. The van der Waals surface area contributed by atoms with E-state index in [1.807, 2.05) is 0 Å². The molecule has 0 saturated carbocycles. The average Bonchev–Trinajstić information content (AvgIpc) is 2.23. The average molecular weight is 255 g/mol. The maximum Gasteiger partial charge on any atom is 0.181 e. The standard InChI is InChI=1S/C12H9ClF2N2/c1-6-3-8(5-9(14)4-6)12-16-7(2)10(15)11(13)17-12/h3-5H,1-2H3. The van der Waals surface area contributed by atoms with E-state index >= 15 is 0 Å². The number of hydrogen-bond acceptors (Lipinski definition) is 2. The first-order valence-corrected chi connectivity index (χ1v) is 5.32. The van der Waals surface area contributed by atoms with E-state index in [1.54, 1.807) is 13.0 Å². The van der Waals surface area contributed by atoms with Gasteiger partial charge in [-0.1, -0.05) is 11.6 Å². The first-order chi connectivity index (χ1) is 7.97. The summed E-state index contributed by atoms with van der Waals surface area (Å²) in [6.45, 7) is 3.24. The van der Waals surface area contributed by atoms with Crippen molar-refractivity contribution in [2.24, 2.45) is 0 Å². The Morgan fingerprint density at radius 1 is 1.06 bits per heavy atom. The number of nitrogens with zero attached hydrogens (tertiary/aromatic N) is 2. The van der Waals surface area contributed by atoms with Gasteiger partial charge in [0.1, 0.15) is 5.82 Å². The Kier molecular flexibility index (Phi) is 3.07. The fourth-order valence-electron chi connectivity index (χ4n) is 1.52. The van der Waals surface area contributed by atoms with Crippen molar-refractivity contribution in [2.75, 3.05) is 0 Å². The maximum absolute atomic E-state index is 13.3. The van der Waals surface area contributed by atoms with E-state index in [1.165, 1.54) is 19.1 Å². The van der Waals surface area contributed by atoms with Crippen molar-refractivity contribution in [1.82, 2.24) is 9.97 Å². The number of benzene rings is 1. The highest BCUT2D eigenvalue weighted by molar-refractivity contribution is 6.29. The molecular weight excluding hydrogens is 246 g/mol. The third kappa shape index (κ3) is 2.42. The molecule has 0 aliphatic carbocycles. The Morgan fingerprint density at radius 2 is 1.76 bits per heavy atom. The maximum atomic E-state index is 13.3.